The number of halogens is 2. The van der Waals surface area contributed by atoms with E-state index in [0.717, 1.165) is 16.7 Å². The topological polar surface area (TPSA) is 82.3 Å². The number of nitrogens with zero attached hydrogens (tertiary/aromatic N) is 2. The van der Waals surface area contributed by atoms with Crippen LogP contribution in [0.25, 0.3) is 5.69 Å². The van der Waals surface area contributed by atoms with Crippen LogP contribution in [0.15, 0.2) is 64.4 Å². The van der Waals surface area contributed by atoms with E-state index in [4.69, 9.17) is 16.3 Å². The average molecular weight is 418 g/mol. The van der Waals surface area contributed by atoms with Crippen LogP contribution in [0.3, 0.4) is 0 Å². The van der Waals surface area contributed by atoms with Gasteiger partial charge in [-0.1, -0.05) is 11.6 Å². The average Bonchev–Trinajstić information content (AvgIpc) is 2.69. The first-order valence-electron chi connectivity index (χ1n) is 8.69. The van der Waals surface area contributed by atoms with E-state index in [1.165, 1.54) is 23.0 Å². The van der Waals surface area contributed by atoms with E-state index >= 15 is 0 Å². The second kappa shape index (κ2) is 8.74. The Morgan fingerprint density at radius 2 is 1.83 bits per heavy atom. The summed E-state index contributed by atoms with van der Waals surface area (Å²) < 4.78 is 20.8. The van der Waals surface area contributed by atoms with Gasteiger partial charge in [-0.05, 0) is 49.4 Å². The second-order valence-corrected chi connectivity index (χ2v) is 6.41. The first-order valence-corrected chi connectivity index (χ1v) is 9.07. The zero-order chi connectivity index (χ0) is 21.0. The predicted octanol–water partition coefficient (Wildman–Crippen LogP) is 2.83. The predicted molar refractivity (Wildman–Crippen MR) is 108 cm³/mol. The normalized spacial score (nSPS) is 10.6. The molecule has 1 amide bonds. The van der Waals surface area contributed by atoms with Crippen LogP contribution in [-0.4, -0.2) is 21.6 Å². The summed E-state index contributed by atoms with van der Waals surface area (Å²) in [4.78, 5) is 37.0. The molecule has 0 saturated carbocycles. The van der Waals surface area contributed by atoms with Gasteiger partial charge in [0.1, 0.15) is 18.1 Å². The Kier molecular flexibility index (Phi) is 6.13. The van der Waals surface area contributed by atoms with Crippen LogP contribution in [0.2, 0.25) is 5.02 Å². The minimum atomic E-state index is -0.873. The summed E-state index contributed by atoms with van der Waals surface area (Å²) >= 11 is 5.91. The Morgan fingerprint density at radius 3 is 2.52 bits per heavy atom. The Hall–Kier alpha value is -3.39. The third kappa shape index (κ3) is 4.72. The fourth-order valence-electron chi connectivity index (χ4n) is 2.64. The Balaban J connectivity index is 1.80. The van der Waals surface area contributed by atoms with Crippen LogP contribution in [0.5, 0.6) is 5.75 Å². The summed E-state index contributed by atoms with van der Waals surface area (Å²) in [6.45, 7) is 1.94. The van der Waals surface area contributed by atoms with Gasteiger partial charge in [-0.25, -0.2) is 4.39 Å². The van der Waals surface area contributed by atoms with Crippen molar-refractivity contribution in [1.29, 1.82) is 0 Å². The molecule has 0 fully saturated rings. The Labute approximate surface area is 169 Å². The van der Waals surface area contributed by atoms with Crippen molar-refractivity contribution >= 4 is 23.2 Å². The third-order valence-corrected chi connectivity index (χ3v) is 4.33. The molecule has 0 bridgehead atoms. The van der Waals surface area contributed by atoms with Crippen molar-refractivity contribution in [2.75, 3.05) is 11.9 Å². The van der Waals surface area contributed by atoms with Gasteiger partial charge >= 0.3 is 11.1 Å². The molecule has 0 atom stereocenters. The standard InChI is InChI=1S/C20H17ClFN3O4/c1-2-29-15-6-4-14(5-7-15)25-10-9-24(19(27)20(25)28)12-18(26)23-17-11-13(22)3-8-16(17)21/h3-11H,2,12H2,1H3,(H,23,26). The monoisotopic (exact) mass is 417 g/mol. The molecule has 1 aromatic heterocycles. The lowest BCUT2D eigenvalue weighted by atomic mass is 10.3. The maximum absolute atomic E-state index is 13.3. The van der Waals surface area contributed by atoms with Gasteiger partial charge in [-0.15, -0.1) is 0 Å². The summed E-state index contributed by atoms with van der Waals surface area (Å²) in [7, 11) is 0. The molecule has 0 aliphatic heterocycles. The van der Waals surface area contributed by atoms with Crippen LogP contribution >= 0.6 is 11.6 Å². The highest BCUT2D eigenvalue weighted by molar-refractivity contribution is 6.33. The van der Waals surface area contributed by atoms with E-state index in [9.17, 15) is 18.8 Å². The number of nitrogens with one attached hydrogen (secondary N) is 1. The zero-order valence-corrected chi connectivity index (χ0v) is 16.1. The number of anilines is 1. The highest BCUT2D eigenvalue weighted by Crippen LogP contribution is 2.22. The molecule has 0 radical (unpaired) electrons. The van der Waals surface area contributed by atoms with Crippen LogP contribution in [0, 0.1) is 5.82 Å². The summed E-state index contributed by atoms with van der Waals surface area (Å²) in [6.07, 6.45) is 2.72. The molecular weight excluding hydrogens is 401 g/mol. The number of hydrogen-bond acceptors (Lipinski definition) is 4. The minimum absolute atomic E-state index is 0.0763. The Bertz CT molecular complexity index is 1160. The molecule has 1 heterocycles. The maximum atomic E-state index is 13.3. The third-order valence-electron chi connectivity index (χ3n) is 4.00. The van der Waals surface area contributed by atoms with Crippen molar-refractivity contribution in [3.05, 3.63) is 86.4 Å². The molecule has 0 unspecified atom stereocenters. The van der Waals surface area contributed by atoms with Crippen molar-refractivity contribution in [1.82, 2.24) is 9.13 Å². The lowest BCUT2D eigenvalue weighted by Crippen LogP contribution is -2.41. The van der Waals surface area contributed by atoms with Gasteiger partial charge < -0.3 is 10.1 Å². The van der Waals surface area contributed by atoms with Gasteiger partial charge in [0.15, 0.2) is 0 Å². The number of rotatable bonds is 6. The quantitative estimate of drug-likeness (QED) is 0.625. The van der Waals surface area contributed by atoms with E-state index in [0.29, 0.717) is 18.0 Å². The largest absolute Gasteiger partial charge is 0.494 e. The smallest absolute Gasteiger partial charge is 0.320 e. The van der Waals surface area contributed by atoms with Crippen LogP contribution in [0.1, 0.15) is 6.92 Å². The summed E-state index contributed by atoms with van der Waals surface area (Å²) in [5, 5.41) is 2.57. The molecule has 1 N–H and O–H groups in total. The second-order valence-electron chi connectivity index (χ2n) is 6.01. The molecule has 3 rings (SSSR count). The number of carbonyl (C=O) groups excluding carboxylic acids is 1. The summed E-state index contributed by atoms with van der Waals surface area (Å²) in [5.74, 6) is -0.553. The van der Waals surface area contributed by atoms with E-state index in [1.54, 1.807) is 24.3 Å². The molecule has 2 aromatic carbocycles. The molecule has 29 heavy (non-hydrogen) atoms. The molecule has 0 aliphatic rings. The highest BCUT2D eigenvalue weighted by Gasteiger charge is 2.12. The molecule has 7 nitrogen and oxygen atoms in total. The lowest BCUT2D eigenvalue weighted by molar-refractivity contribution is -0.116. The number of carbonyl (C=O) groups is 1. The number of aromatic nitrogens is 2. The minimum Gasteiger partial charge on any atom is -0.494 e. The molecule has 150 valence electrons. The molecule has 0 spiro atoms. The van der Waals surface area contributed by atoms with E-state index < -0.39 is 29.4 Å². The first kappa shape index (κ1) is 20.3. The number of hydrogen-bond donors (Lipinski definition) is 1. The van der Waals surface area contributed by atoms with Gasteiger partial charge in [-0.3, -0.25) is 23.5 Å². The van der Waals surface area contributed by atoms with E-state index in [1.807, 2.05) is 6.92 Å². The van der Waals surface area contributed by atoms with Crippen LogP contribution in [0.4, 0.5) is 10.1 Å². The van der Waals surface area contributed by atoms with Crippen molar-refractivity contribution < 1.29 is 13.9 Å². The fraction of sp³-hybridized carbons (Fsp3) is 0.150. The number of benzene rings is 2. The van der Waals surface area contributed by atoms with Crippen molar-refractivity contribution in [2.24, 2.45) is 0 Å². The zero-order valence-electron chi connectivity index (χ0n) is 15.4. The number of amides is 1. The summed E-state index contributed by atoms with van der Waals surface area (Å²) in [6, 6.07) is 10.2. The van der Waals surface area contributed by atoms with Gasteiger partial charge in [0, 0.05) is 18.1 Å². The van der Waals surface area contributed by atoms with Crippen molar-refractivity contribution in [2.45, 2.75) is 13.5 Å². The molecule has 9 heteroatoms. The fourth-order valence-corrected chi connectivity index (χ4v) is 2.81. The van der Waals surface area contributed by atoms with Gasteiger partial charge in [-0.2, -0.15) is 0 Å². The molecule has 0 aliphatic carbocycles. The number of ether oxygens (including phenoxy) is 1. The van der Waals surface area contributed by atoms with Crippen molar-refractivity contribution in [3.63, 3.8) is 0 Å². The van der Waals surface area contributed by atoms with E-state index in [-0.39, 0.29) is 10.7 Å². The molecular formula is C20H17ClFN3O4. The van der Waals surface area contributed by atoms with Crippen LogP contribution in [-0.2, 0) is 11.3 Å². The highest BCUT2D eigenvalue weighted by atomic mass is 35.5. The maximum Gasteiger partial charge on any atom is 0.320 e. The summed E-state index contributed by atoms with van der Waals surface area (Å²) in [5.41, 5.74) is -1.12. The molecule has 3 aromatic rings. The van der Waals surface area contributed by atoms with Gasteiger partial charge in [0.25, 0.3) is 0 Å². The van der Waals surface area contributed by atoms with Gasteiger partial charge in [0.05, 0.1) is 17.3 Å². The van der Waals surface area contributed by atoms with Crippen molar-refractivity contribution in [3.8, 4) is 11.4 Å². The SMILES string of the molecule is CCOc1ccc(-n2ccn(CC(=O)Nc3cc(F)ccc3Cl)c(=O)c2=O)cc1. The lowest BCUT2D eigenvalue weighted by Gasteiger charge is -2.11. The first-order chi connectivity index (χ1) is 13.9. The van der Waals surface area contributed by atoms with Crippen LogP contribution < -0.4 is 21.2 Å². The Morgan fingerprint density at radius 1 is 1.10 bits per heavy atom. The van der Waals surface area contributed by atoms with Gasteiger partial charge in [0.2, 0.25) is 5.91 Å². The van der Waals surface area contributed by atoms with E-state index in [2.05, 4.69) is 5.32 Å². The molecule has 0 saturated heterocycles.